The summed E-state index contributed by atoms with van der Waals surface area (Å²) in [6, 6.07) is 10.2. The summed E-state index contributed by atoms with van der Waals surface area (Å²) in [4.78, 5) is 12.9. The summed E-state index contributed by atoms with van der Waals surface area (Å²) in [6.45, 7) is 0.896. The van der Waals surface area contributed by atoms with E-state index in [0.717, 1.165) is 18.6 Å². The summed E-state index contributed by atoms with van der Waals surface area (Å²) < 4.78 is 5.64. The fourth-order valence-corrected chi connectivity index (χ4v) is 3.14. The molecule has 0 saturated heterocycles. The molecule has 1 saturated carbocycles. The van der Waals surface area contributed by atoms with Gasteiger partial charge in [0.15, 0.2) is 0 Å². The van der Waals surface area contributed by atoms with Crippen molar-refractivity contribution in [1.29, 1.82) is 0 Å². The van der Waals surface area contributed by atoms with Gasteiger partial charge in [0.25, 0.3) is 0 Å². The van der Waals surface area contributed by atoms with E-state index in [1.54, 1.807) is 11.8 Å². The maximum Gasteiger partial charge on any atom is 0.246 e. The van der Waals surface area contributed by atoms with Crippen LogP contribution in [0.1, 0.15) is 32.1 Å². The molecule has 0 unspecified atom stereocenters. The van der Waals surface area contributed by atoms with Crippen LogP contribution >= 0.6 is 11.8 Å². The molecule has 1 aliphatic rings. The Balaban J connectivity index is 1.51. The highest BCUT2D eigenvalue weighted by Gasteiger charge is 2.14. The molecule has 1 aromatic carbocycles. The van der Waals surface area contributed by atoms with Crippen molar-refractivity contribution in [2.75, 3.05) is 18.9 Å². The average molecular weight is 293 g/mol. The normalized spacial score (nSPS) is 16.0. The Morgan fingerprint density at radius 1 is 1.20 bits per heavy atom. The highest BCUT2D eigenvalue weighted by Crippen LogP contribution is 2.20. The minimum Gasteiger partial charge on any atom is -0.368 e. The maximum atomic E-state index is 11.7. The van der Waals surface area contributed by atoms with Gasteiger partial charge in [0.1, 0.15) is 6.61 Å². The first-order valence-corrected chi connectivity index (χ1v) is 8.39. The van der Waals surface area contributed by atoms with Gasteiger partial charge in [-0.2, -0.15) is 0 Å². The lowest BCUT2D eigenvalue weighted by molar-refractivity contribution is -0.128. The minimum absolute atomic E-state index is 0.00392. The molecule has 0 spiro atoms. The van der Waals surface area contributed by atoms with Crippen molar-refractivity contribution in [2.45, 2.75) is 43.1 Å². The van der Waals surface area contributed by atoms with E-state index in [4.69, 9.17) is 4.74 Å². The van der Waals surface area contributed by atoms with Crippen LogP contribution in [0.5, 0.6) is 0 Å². The summed E-state index contributed by atoms with van der Waals surface area (Å²) >= 11 is 1.75. The summed E-state index contributed by atoms with van der Waals surface area (Å²) in [5.74, 6) is 0.892. The largest absolute Gasteiger partial charge is 0.368 e. The molecule has 1 amide bonds. The zero-order valence-electron chi connectivity index (χ0n) is 11.8. The lowest BCUT2D eigenvalue weighted by Gasteiger charge is -2.21. The zero-order valence-corrected chi connectivity index (χ0v) is 12.7. The van der Waals surface area contributed by atoms with Crippen molar-refractivity contribution in [3.63, 3.8) is 0 Å². The number of thioether (sulfide) groups is 1. The van der Waals surface area contributed by atoms with Gasteiger partial charge in [0.2, 0.25) is 5.91 Å². The number of carbonyl (C=O) groups excluding carboxylic acids is 1. The van der Waals surface area contributed by atoms with E-state index in [1.165, 1.54) is 24.2 Å². The summed E-state index contributed by atoms with van der Waals surface area (Å²) in [5.41, 5.74) is 0. The predicted molar refractivity (Wildman–Crippen MR) is 83.0 cm³/mol. The second-order valence-corrected chi connectivity index (χ2v) is 6.25. The van der Waals surface area contributed by atoms with Crippen molar-refractivity contribution in [3.05, 3.63) is 30.3 Å². The number of hydrogen-bond donors (Lipinski definition) is 1. The Morgan fingerprint density at radius 2 is 1.95 bits per heavy atom. The fourth-order valence-electron chi connectivity index (χ4n) is 2.35. The predicted octanol–water partition coefficient (Wildman–Crippen LogP) is 3.24. The van der Waals surface area contributed by atoms with E-state index in [1.807, 2.05) is 18.2 Å². The molecular formula is C16H23NO2S. The smallest absolute Gasteiger partial charge is 0.246 e. The average Bonchev–Trinajstić information content (AvgIpc) is 2.52. The van der Waals surface area contributed by atoms with Gasteiger partial charge in [0.05, 0.1) is 6.10 Å². The molecule has 4 heteroatoms. The molecule has 0 bridgehead atoms. The molecule has 1 N–H and O–H groups in total. The van der Waals surface area contributed by atoms with Crippen LogP contribution in [0.4, 0.5) is 0 Å². The molecule has 0 aliphatic heterocycles. The van der Waals surface area contributed by atoms with Crippen molar-refractivity contribution < 1.29 is 9.53 Å². The Bertz CT molecular complexity index is 391. The number of carbonyl (C=O) groups is 1. The number of ether oxygens (including phenoxy) is 1. The molecule has 20 heavy (non-hydrogen) atoms. The van der Waals surface area contributed by atoms with Gasteiger partial charge in [-0.05, 0) is 25.0 Å². The van der Waals surface area contributed by atoms with Crippen molar-refractivity contribution in [3.8, 4) is 0 Å². The van der Waals surface area contributed by atoms with Gasteiger partial charge in [-0.1, -0.05) is 37.5 Å². The first-order chi connectivity index (χ1) is 9.84. The summed E-state index contributed by atoms with van der Waals surface area (Å²) in [7, 11) is 0. The second kappa shape index (κ2) is 9.03. The monoisotopic (exact) mass is 293 g/mol. The molecule has 1 fully saturated rings. The van der Waals surface area contributed by atoms with Crippen LogP contribution in [0.25, 0.3) is 0 Å². The quantitative estimate of drug-likeness (QED) is 0.619. The fraction of sp³-hybridized carbons (Fsp3) is 0.562. The third kappa shape index (κ3) is 5.97. The van der Waals surface area contributed by atoms with Gasteiger partial charge in [0, 0.05) is 17.2 Å². The van der Waals surface area contributed by atoms with E-state index in [-0.39, 0.29) is 12.5 Å². The molecule has 0 aromatic heterocycles. The Hall–Kier alpha value is -1.00. The third-order valence-corrected chi connectivity index (χ3v) is 4.45. The van der Waals surface area contributed by atoms with Crippen molar-refractivity contribution in [1.82, 2.24) is 5.32 Å². The van der Waals surface area contributed by atoms with Crippen LogP contribution < -0.4 is 5.32 Å². The number of benzene rings is 1. The number of rotatable bonds is 7. The second-order valence-electron chi connectivity index (χ2n) is 5.08. The third-order valence-electron chi connectivity index (χ3n) is 3.44. The van der Waals surface area contributed by atoms with E-state index >= 15 is 0 Å². The molecule has 1 aliphatic carbocycles. The van der Waals surface area contributed by atoms with Gasteiger partial charge >= 0.3 is 0 Å². The van der Waals surface area contributed by atoms with E-state index in [0.29, 0.717) is 12.6 Å². The summed E-state index contributed by atoms with van der Waals surface area (Å²) in [6.07, 6.45) is 6.30. The maximum absolute atomic E-state index is 11.7. The van der Waals surface area contributed by atoms with E-state index in [9.17, 15) is 4.79 Å². The Labute approximate surface area is 125 Å². The number of amides is 1. The van der Waals surface area contributed by atoms with Crippen LogP contribution in [-0.4, -0.2) is 30.9 Å². The van der Waals surface area contributed by atoms with Crippen LogP contribution in [0.2, 0.25) is 0 Å². The van der Waals surface area contributed by atoms with Gasteiger partial charge in [-0.25, -0.2) is 0 Å². The number of nitrogens with one attached hydrogen (secondary N) is 1. The standard InChI is InChI=1S/C16H23NO2S/c18-16(13-19-14-7-3-1-4-8-14)17-11-12-20-15-9-5-2-6-10-15/h2,5-6,9-10,14H,1,3-4,7-8,11-13H2,(H,17,18). The highest BCUT2D eigenvalue weighted by atomic mass is 32.2. The molecule has 1 aromatic rings. The number of hydrogen-bond acceptors (Lipinski definition) is 3. The van der Waals surface area contributed by atoms with Crippen LogP contribution in [0.15, 0.2) is 35.2 Å². The first-order valence-electron chi connectivity index (χ1n) is 7.41. The summed E-state index contributed by atoms with van der Waals surface area (Å²) in [5, 5.41) is 2.91. The van der Waals surface area contributed by atoms with Crippen molar-refractivity contribution >= 4 is 17.7 Å². The van der Waals surface area contributed by atoms with Gasteiger partial charge in [-0.15, -0.1) is 11.8 Å². The molecular weight excluding hydrogens is 270 g/mol. The molecule has 0 heterocycles. The SMILES string of the molecule is O=C(COC1CCCCC1)NCCSc1ccccc1. The molecule has 2 rings (SSSR count). The van der Waals surface area contributed by atoms with Crippen LogP contribution in [-0.2, 0) is 9.53 Å². The molecule has 0 radical (unpaired) electrons. The van der Waals surface area contributed by atoms with Gasteiger partial charge < -0.3 is 10.1 Å². The molecule has 110 valence electrons. The molecule has 3 nitrogen and oxygen atoms in total. The Kier molecular flexibility index (Phi) is 6.95. The van der Waals surface area contributed by atoms with Crippen molar-refractivity contribution in [2.24, 2.45) is 0 Å². The van der Waals surface area contributed by atoms with Crippen LogP contribution in [0, 0.1) is 0 Å². The lowest BCUT2D eigenvalue weighted by Crippen LogP contribution is -2.31. The Morgan fingerprint density at radius 3 is 2.70 bits per heavy atom. The first kappa shape index (κ1) is 15.4. The zero-order chi connectivity index (χ0) is 14.0. The van der Waals surface area contributed by atoms with E-state index < -0.39 is 0 Å². The molecule has 0 atom stereocenters. The van der Waals surface area contributed by atoms with Crippen LogP contribution in [0.3, 0.4) is 0 Å². The van der Waals surface area contributed by atoms with Gasteiger partial charge in [-0.3, -0.25) is 4.79 Å². The lowest BCUT2D eigenvalue weighted by atomic mass is 9.98. The topological polar surface area (TPSA) is 38.3 Å². The highest BCUT2D eigenvalue weighted by molar-refractivity contribution is 7.99. The minimum atomic E-state index is 0.00392. The van der Waals surface area contributed by atoms with E-state index in [2.05, 4.69) is 17.4 Å².